The summed E-state index contributed by atoms with van der Waals surface area (Å²) in [7, 11) is 0. The van der Waals surface area contributed by atoms with E-state index in [-0.39, 0.29) is 5.60 Å². The molecule has 0 heterocycles. The number of rotatable bonds is 3. The van der Waals surface area contributed by atoms with Crippen molar-refractivity contribution < 1.29 is 9.53 Å². The molecule has 0 amide bonds. The molecule has 0 fully saturated rings. The predicted molar refractivity (Wildman–Crippen MR) is 59.2 cm³/mol. The predicted octanol–water partition coefficient (Wildman–Crippen LogP) is 2.80. The minimum absolute atomic E-state index is 0.140. The minimum atomic E-state index is -0.140. The molecule has 3 heteroatoms. The lowest BCUT2D eigenvalue weighted by Gasteiger charge is -2.18. The van der Waals surface area contributed by atoms with Crippen molar-refractivity contribution in [2.24, 2.45) is 10.9 Å². The van der Waals surface area contributed by atoms with Crippen LogP contribution in [0.25, 0.3) is 0 Å². The number of aliphatic imine (C=N–C) groups is 1. The van der Waals surface area contributed by atoms with Gasteiger partial charge in [-0.2, -0.15) is 0 Å². The van der Waals surface area contributed by atoms with Gasteiger partial charge in [0.05, 0.1) is 18.8 Å². The monoisotopic (exact) mass is 201 g/mol. The highest BCUT2D eigenvalue weighted by Gasteiger charge is 2.08. The van der Waals surface area contributed by atoms with Crippen LogP contribution in [-0.4, -0.2) is 24.8 Å². The first-order chi connectivity index (χ1) is 6.29. The van der Waals surface area contributed by atoms with Gasteiger partial charge in [-0.3, -0.25) is 0 Å². The third-order valence-electron chi connectivity index (χ3n) is 0.803. The number of ether oxygens (including phenoxy) is 1. The van der Waals surface area contributed by atoms with Crippen molar-refractivity contribution in [2.45, 2.75) is 47.1 Å². The summed E-state index contributed by atoms with van der Waals surface area (Å²) in [6.45, 7) is 13.3. The smallest absolute Gasteiger partial charge is 0.235 e. The molecule has 84 valence electrons. The van der Waals surface area contributed by atoms with Crippen molar-refractivity contribution in [3.8, 4) is 0 Å². The van der Waals surface area contributed by atoms with Gasteiger partial charge in [-0.1, -0.05) is 20.8 Å². The molecule has 0 N–H and O–H groups in total. The van der Waals surface area contributed by atoms with Crippen molar-refractivity contribution in [3.63, 3.8) is 0 Å². The van der Waals surface area contributed by atoms with E-state index in [4.69, 9.17) is 4.74 Å². The lowest BCUT2D eigenvalue weighted by Crippen LogP contribution is -2.20. The van der Waals surface area contributed by atoms with E-state index in [0.717, 1.165) is 5.92 Å². The normalized spacial score (nSPS) is 10.2. The van der Waals surface area contributed by atoms with Gasteiger partial charge >= 0.3 is 0 Å². The molecule has 0 aliphatic rings. The zero-order chi connectivity index (χ0) is 11.6. The van der Waals surface area contributed by atoms with Crippen LogP contribution in [-0.2, 0) is 9.53 Å². The molecule has 0 spiro atoms. The average molecular weight is 201 g/mol. The lowest BCUT2D eigenvalue weighted by atomic mass is 10.2. The van der Waals surface area contributed by atoms with E-state index in [9.17, 15) is 4.79 Å². The van der Waals surface area contributed by atoms with Crippen LogP contribution in [0.5, 0.6) is 0 Å². The SMILES string of the molecule is CC(C)(C)OCCN=C=O.CC(C)C. The van der Waals surface area contributed by atoms with Crippen LogP contribution in [0.2, 0.25) is 0 Å². The second-order valence-corrected chi connectivity index (χ2v) is 4.67. The molecule has 0 saturated carbocycles. The van der Waals surface area contributed by atoms with Crippen LogP contribution in [0.3, 0.4) is 0 Å². The van der Waals surface area contributed by atoms with Crippen molar-refractivity contribution in [1.29, 1.82) is 0 Å². The summed E-state index contributed by atoms with van der Waals surface area (Å²) >= 11 is 0. The van der Waals surface area contributed by atoms with Gasteiger partial charge in [-0.15, -0.1) is 0 Å². The molecule has 3 nitrogen and oxygen atoms in total. The van der Waals surface area contributed by atoms with Crippen LogP contribution < -0.4 is 0 Å². The fourth-order valence-corrected chi connectivity index (χ4v) is 0.443. The van der Waals surface area contributed by atoms with E-state index >= 15 is 0 Å². The minimum Gasteiger partial charge on any atom is -0.374 e. The van der Waals surface area contributed by atoms with Crippen molar-refractivity contribution >= 4 is 6.08 Å². The molecule has 0 aliphatic heterocycles. The van der Waals surface area contributed by atoms with Crippen LogP contribution in [0.15, 0.2) is 4.99 Å². The van der Waals surface area contributed by atoms with Crippen molar-refractivity contribution in [3.05, 3.63) is 0 Å². The second-order valence-electron chi connectivity index (χ2n) is 4.67. The zero-order valence-electron chi connectivity index (χ0n) is 10.3. The van der Waals surface area contributed by atoms with E-state index in [0.29, 0.717) is 13.2 Å². The summed E-state index contributed by atoms with van der Waals surface area (Å²) in [4.78, 5) is 12.9. The summed E-state index contributed by atoms with van der Waals surface area (Å²) in [6, 6.07) is 0. The van der Waals surface area contributed by atoms with Gasteiger partial charge in [0.1, 0.15) is 0 Å². The fourth-order valence-electron chi connectivity index (χ4n) is 0.443. The molecular weight excluding hydrogens is 178 g/mol. The molecular formula is C11H23NO2. The molecule has 0 aromatic rings. The van der Waals surface area contributed by atoms with E-state index in [1.807, 2.05) is 20.8 Å². The number of carbonyl (C=O) groups excluding carboxylic acids is 1. The Morgan fingerprint density at radius 2 is 1.71 bits per heavy atom. The molecule has 0 bridgehead atoms. The van der Waals surface area contributed by atoms with E-state index in [2.05, 4.69) is 25.8 Å². The third kappa shape index (κ3) is 30.2. The molecule has 0 atom stereocenters. The highest BCUT2D eigenvalue weighted by atomic mass is 16.5. The Morgan fingerprint density at radius 1 is 1.29 bits per heavy atom. The topological polar surface area (TPSA) is 38.7 Å². The summed E-state index contributed by atoms with van der Waals surface area (Å²) in [5.41, 5.74) is -0.140. The highest BCUT2D eigenvalue weighted by Crippen LogP contribution is 2.05. The maximum atomic E-state index is 9.58. The Balaban J connectivity index is 0. The molecule has 0 unspecified atom stereocenters. The second kappa shape index (κ2) is 8.92. The quantitative estimate of drug-likeness (QED) is 0.400. The Labute approximate surface area is 87.6 Å². The van der Waals surface area contributed by atoms with Gasteiger partial charge in [-0.05, 0) is 26.7 Å². The lowest BCUT2D eigenvalue weighted by molar-refractivity contribution is 0.00213. The summed E-state index contributed by atoms with van der Waals surface area (Å²) in [5, 5.41) is 0. The van der Waals surface area contributed by atoms with Crippen molar-refractivity contribution in [1.82, 2.24) is 0 Å². The van der Waals surface area contributed by atoms with E-state index in [1.165, 1.54) is 6.08 Å². The first-order valence-corrected chi connectivity index (χ1v) is 4.97. The molecule has 0 aliphatic carbocycles. The zero-order valence-corrected chi connectivity index (χ0v) is 10.3. The molecule has 0 rings (SSSR count). The highest BCUT2D eigenvalue weighted by molar-refractivity contribution is 5.32. The van der Waals surface area contributed by atoms with Gasteiger partial charge in [0.15, 0.2) is 0 Å². The standard InChI is InChI=1S/C7H13NO2.C4H10/c1-7(2,3)10-5-4-8-6-9;1-4(2)3/h4-5H2,1-3H3;4H,1-3H3. The first-order valence-electron chi connectivity index (χ1n) is 4.97. The largest absolute Gasteiger partial charge is 0.374 e. The van der Waals surface area contributed by atoms with Gasteiger partial charge in [0, 0.05) is 0 Å². The fraction of sp³-hybridized carbons (Fsp3) is 0.909. The van der Waals surface area contributed by atoms with Crippen LogP contribution >= 0.6 is 0 Å². The first kappa shape index (κ1) is 15.8. The summed E-state index contributed by atoms with van der Waals surface area (Å²) < 4.78 is 5.26. The van der Waals surface area contributed by atoms with Gasteiger partial charge in [0.25, 0.3) is 0 Å². The maximum Gasteiger partial charge on any atom is 0.235 e. The third-order valence-corrected chi connectivity index (χ3v) is 0.803. The number of hydrogen-bond donors (Lipinski definition) is 0. The van der Waals surface area contributed by atoms with Crippen LogP contribution in [0, 0.1) is 5.92 Å². The van der Waals surface area contributed by atoms with Crippen LogP contribution in [0.4, 0.5) is 0 Å². The maximum absolute atomic E-state index is 9.58. The molecule has 0 saturated heterocycles. The Bertz CT molecular complexity index is 162. The van der Waals surface area contributed by atoms with E-state index in [1.54, 1.807) is 0 Å². The van der Waals surface area contributed by atoms with E-state index < -0.39 is 0 Å². The Kier molecular flexibility index (Phi) is 10.1. The Hall–Kier alpha value is -0.660. The Morgan fingerprint density at radius 3 is 2.00 bits per heavy atom. The molecule has 14 heavy (non-hydrogen) atoms. The summed E-state index contributed by atoms with van der Waals surface area (Å²) in [5.74, 6) is 0.833. The average Bonchev–Trinajstić information content (AvgIpc) is 1.95. The van der Waals surface area contributed by atoms with Gasteiger partial charge < -0.3 is 4.74 Å². The van der Waals surface area contributed by atoms with Crippen molar-refractivity contribution in [2.75, 3.05) is 13.2 Å². The summed E-state index contributed by atoms with van der Waals surface area (Å²) in [6.07, 6.45) is 1.45. The molecule has 0 radical (unpaired) electrons. The molecule has 0 aromatic carbocycles. The number of isocyanates is 1. The van der Waals surface area contributed by atoms with Gasteiger partial charge in [0.2, 0.25) is 6.08 Å². The van der Waals surface area contributed by atoms with Crippen LogP contribution in [0.1, 0.15) is 41.5 Å². The number of hydrogen-bond acceptors (Lipinski definition) is 3. The molecule has 0 aromatic heterocycles. The number of nitrogens with zero attached hydrogens (tertiary/aromatic N) is 1. The van der Waals surface area contributed by atoms with Gasteiger partial charge in [-0.25, -0.2) is 9.79 Å².